The van der Waals surface area contributed by atoms with Gasteiger partial charge in [0.25, 0.3) is 0 Å². The van der Waals surface area contributed by atoms with Gasteiger partial charge in [0.1, 0.15) is 6.54 Å². The number of para-hydroxylation sites is 1. The standard InChI is InChI=1S/C16H22FNO4/c1-3-12(2)18(11-16(20)21)15(19)9-6-10-22-14-8-5-4-7-13(14)17/h4-5,7-8,12H,3,6,9-11H2,1-2H3,(H,20,21). The molecule has 0 aromatic heterocycles. The molecule has 1 aromatic carbocycles. The number of aliphatic carboxylic acids is 1. The molecule has 0 saturated heterocycles. The monoisotopic (exact) mass is 311 g/mol. The molecule has 1 amide bonds. The molecule has 1 rings (SSSR count). The lowest BCUT2D eigenvalue weighted by atomic mass is 10.2. The summed E-state index contributed by atoms with van der Waals surface area (Å²) in [5.41, 5.74) is 0. The van der Waals surface area contributed by atoms with Gasteiger partial charge in [-0.2, -0.15) is 0 Å². The third kappa shape index (κ3) is 5.71. The molecule has 22 heavy (non-hydrogen) atoms. The SMILES string of the molecule is CCC(C)N(CC(=O)O)C(=O)CCCOc1ccccc1F. The number of hydrogen-bond acceptors (Lipinski definition) is 3. The zero-order valence-corrected chi connectivity index (χ0v) is 12.9. The van der Waals surface area contributed by atoms with Crippen LogP contribution in [0.2, 0.25) is 0 Å². The molecule has 0 heterocycles. The summed E-state index contributed by atoms with van der Waals surface area (Å²) in [6, 6.07) is 5.93. The Morgan fingerprint density at radius 1 is 1.36 bits per heavy atom. The number of carbonyl (C=O) groups is 2. The second kappa shape index (κ2) is 9.02. The minimum atomic E-state index is -1.03. The van der Waals surface area contributed by atoms with Crippen molar-refractivity contribution in [3.8, 4) is 5.75 Å². The largest absolute Gasteiger partial charge is 0.491 e. The summed E-state index contributed by atoms with van der Waals surface area (Å²) in [5.74, 6) is -1.55. The van der Waals surface area contributed by atoms with Crippen LogP contribution in [-0.2, 0) is 9.59 Å². The second-order valence-corrected chi connectivity index (χ2v) is 5.06. The van der Waals surface area contributed by atoms with Crippen molar-refractivity contribution in [2.24, 2.45) is 0 Å². The fourth-order valence-electron chi connectivity index (χ4n) is 1.97. The predicted molar refractivity (Wildman–Crippen MR) is 80.2 cm³/mol. The maximum Gasteiger partial charge on any atom is 0.323 e. The van der Waals surface area contributed by atoms with Gasteiger partial charge in [0.05, 0.1) is 6.61 Å². The molecule has 0 spiro atoms. The van der Waals surface area contributed by atoms with E-state index in [1.54, 1.807) is 12.1 Å². The van der Waals surface area contributed by atoms with Crippen LogP contribution in [0.4, 0.5) is 4.39 Å². The van der Waals surface area contributed by atoms with Gasteiger partial charge in [0.2, 0.25) is 5.91 Å². The Morgan fingerprint density at radius 3 is 2.64 bits per heavy atom. The van der Waals surface area contributed by atoms with Crippen molar-refractivity contribution in [2.75, 3.05) is 13.2 Å². The van der Waals surface area contributed by atoms with Gasteiger partial charge in [-0.05, 0) is 31.9 Å². The number of ether oxygens (including phenoxy) is 1. The Balaban J connectivity index is 2.43. The zero-order valence-electron chi connectivity index (χ0n) is 12.9. The summed E-state index contributed by atoms with van der Waals surface area (Å²) >= 11 is 0. The minimum absolute atomic E-state index is 0.129. The average molecular weight is 311 g/mol. The van der Waals surface area contributed by atoms with Gasteiger partial charge >= 0.3 is 5.97 Å². The number of benzene rings is 1. The molecule has 6 heteroatoms. The van der Waals surface area contributed by atoms with Crippen LogP contribution in [0.15, 0.2) is 24.3 Å². The molecule has 1 atom stereocenters. The number of rotatable bonds is 9. The second-order valence-electron chi connectivity index (χ2n) is 5.06. The van der Waals surface area contributed by atoms with Gasteiger partial charge in [0, 0.05) is 12.5 Å². The molecule has 5 nitrogen and oxygen atoms in total. The highest BCUT2D eigenvalue weighted by molar-refractivity contribution is 5.81. The first kappa shape index (κ1) is 17.9. The molecule has 1 aromatic rings. The van der Waals surface area contributed by atoms with Crippen molar-refractivity contribution in [2.45, 2.75) is 39.2 Å². The first-order chi connectivity index (χ1) is 10.5. The fraction of sp³-hybridized carbons (Fsp3) is 0.500. The van der Waals surface area contributed by atoms with E-state index in [4.69, 9.17) is 9.84 Å². The Labute approximate surface area is 129 Å². The molecule has 1 N–H and O–H groups in total. The third-order valence-corrected chi connectivity index (χ3v) is 3.38. The summed E-state index contributed by atoms with van der Waals surface area (Å²) in [7, 11) is 0. The molecular weight excluding hydrogens is 289 g/mol. The van der Waals surface area contributed by atoms with Crippen molar-refractivity contribution in [1.82, 2.24) is 4.90 Å². The van der Waals surface area contributed by atoms with Gasteiger partial charge in [-0.3, -0.25) is 9.59 Å². The van der Waals surface area contributed by atoms with Gasteiger partial charge < -0.3 is 14.7 Å². The van der Waals surface area contributed by atoms with Crippen molar-refractivity contribution in [1.29, 1.82) is 0 Å². The highest BCUT2D eigenvalue weighted by Gasteiger charge is 2.21. The van der Waals surface area contributed by atoms with Gasteiger partial charge in [0.15, 0.2) is 11.6 Å². The van der Waals surface area contributed by atoms with Crippen LogP contribution in [0, 0.1) is 5.82 Å². The smallest absolute Gasteiger partial charge is 0.323 e. The molecule has 0 aliphatic heterocycles. The Morgan fingerprint density at radius 2 is 2.05 bits per heavy atom. The van der Waals surface area contributed by atoms with E-state index in [1.165, 1.54) is 17.0 Å². The molecule has 0 radical (unpaired) electrons. The van der Waals surface area contributed by atoms with E-state index in [1.807, 2.05) is 13.8 Å². The topological polar surface area (TPSA) is 66.8 Å². The molecule has 122 valence electrons. The normalized spacial score (nSPS) is 11.8. The van der Waals surface area contributed by atoms with Crippen molar-refractivity contribution < 1.29 is 23.8 Å². The van der Waals surface area contributed by atoms with Crippen LogP contribution in [0.1, 0.15) is 33.1 Å². The van der Waals surface area contributed by atoms with Crippen molar-refractivity contribution in [3.05, 3.63) is 30.1 Å². The van der Waals surface area contributed by atoms with Crippen LogP contribution in [0.25, 0.3) is 0 Å². The number of nitrogens with zero attached hydrogens (tertiary/aromatic N) is 1. The maximum atomic E-state index is 13.3. The minimum Gasteiger partial charge on any atom is -0.491 e. The van der Waals surface area contributed by atoms with Crippen LogP contribution in [0.5, 0.6) is 5.75 Å². The zero-order chi connectivity index (χ0) is 16.5. The highest BCUT2D eigenvalue weighted by atomic mass is 19.1. The van der Waals surface area contributed by atoms with Crippen LogP contribution in [0.3, 0.4) is 0 Å². The van der Waals surface area contributed by atoms with E-state index < -0.39 is 11.8 Å². The van der Waals surface area contributed by atoms with E-state index in [0.29, 0.717) is 12.8 Å². The molecule has 1 unspecified atom stereocenters. The summed E-state index contributed by atoms with van der Waals surface area (Å²) < 4.78 is 18.6. The highest BCUT2D eigenvalue weighted by Crippen LogP contribution is 2.16. The summed E-state index contributed by atoms with van der Waals surface area (Å²) in [5, 5.41) is 8.87. The van der Waals surface area contributed by atoms with Gasteiger partial charge in [-0.15, -0.1) is 0 Å². The van der Waals surface area contributed by atoms with Crippen LogP contribution >= 0.6 is 0 Å². The van der Waals surface area contributed by atoms with E-state index in [0.717, 1.165) is 0 Å². The molecular formula is C16H22FNO4. The Bertz CT molecular complexity index is 507. The van der Waals surface area contributed by atoms with E-state index in [9.17, 15) is 14.0 Å². The number of halogens is 1. The maximum absolute atomic E-state index is 13.3. The summed E-state index contributed by atoms with van der Waals surface area (Å²) in [4.78, 5) is 24.3. The Hall–Kier alpha value is -2.11. The van der Waals surface area contributed by atoms with Crippen molar-refractivity contribution >= 4 is 11.9 Å². The molecule has 0 fully saturated rings. The molecule has 0 bridgehead atoms. The lowest BCUT2D eigenvalue weighted by molar-refractivity contribution is -0.146. The van der Waals surface area contributed by atoms with E-state index in [-0.39, 0.29) is 37.3 Å². The molecule has 0 aliphatic rings. The number of carboxylic acid groups (broad SMARTS) is 1. The lowest BCUT2D eigenvalue weighted by Gasteiger charge is -2.27. The van der Waals surface area contributed by atoms with Crippen LogP contribution in [-0.4, -0.2) is 41.1 Å². The molecule has 0 aliphatic carbocycles. The number of carbonyl (C=O) groups excluding carboxylic acids is 1. The predicted octanol–water partition coefficient (Wildman–Crippen LogP) is 2.70. The number of hydrogen-bond donors (Lipinski definition) is 1. The van der Waals surface area contributed by atoms with Crippen LogP contribution < -0.4 is 4.74 Å². The van der Waals surface area contributed by atoms with Gasteiger partial charge in [-0.1, -0.05) is 19.1 Å². The summed E-state index contributed by atoms with van der Waals surface area (Å²) in [6.45, 7) is 3.61. The van der Waals surface area contributed by atoms with E-state index in [2.05, 4.69) is 0 Å². The number of carboxylic acids is 1. The first-order valence-corrected chi connectivity index (χ1v) is 7.34. The fourth-order valence-corrected chi connectivity index (χ4v) is 1.97. The summed E-state index contributed by atoms with van der Waals surface area (Å²) in [6.07, 6.45) is 1.26. The van der Waals surface area contributed by atoms with E-state index >= 15 is 0 Å². The average Bonchev–Trinajstić information content (AvgIpc) is 2.49. The molecule has 0 saturated carbocycles. The number of amides is 1. The van der Waals surface area contributed by atoms with Gasteiger partial charge in [-0.25, -0.2) is 4.39 Å². The first-order valence-electron chi connectivity index (χ1n) is 7.34. The quantitative estimate of drug-likeness (QED) is 0.712. The van der Waals surface area contributed by atoms with Crippen molar-refractivity contribution in [3.63, 3.8) is 0 Å². The Kier molecular flexibility index (Phi) is 7.36. The third-order valence-electron chi connectivity index (χ3n) is 3.38. The lowest BCUT2D eigenvalue weighted by Crippen LogP contribution is -2.41.